The van der Waals surface area contributed by atoms with Gasteiger partial charge in [-0.3, -0.25) is 4.79 Å². The van der Waals surface area contributed by atoms with Gasteiger partial charge in [-0.1, -0.05) is 24.3 Å². The van der Waals surface area contributed by atoms with E-state index in [1.807, 2.05) is 24.0 Å². The van der Waals surface area contributed by atoms with Gasteiger partial charge in [0, 0.05) is 32.1 Å². The largest absolute Gasteiger partial charge is 0.331 e. The minimum Gasteiger partial charge on any atom is -0.331 e. The van der Waals surface area contributed by atoms with E-state index in [0.717, 1.165) is 12.0 Å². The van der Waals surface area contributed by atoms with Crippen LogP contribution in [0, 0.1) is 6.92 Å². The number of nitrogens with zero attached hydrogens (tertiary/aromatic N) is 3. The Morgan fingerprint density at radius 3 is 2.59 bits per heavy atom. The van der Waals surface area contributed by atoms with Crippen LogP contribution >= 0.6 is 11.3 Å². The molecule has 2 aromatic rings. The Kier molecular flexibility index (Phi) is 5.85. The molecular formula is C21H27N3O2S. The second-order valence-electron chi connectivity index (χ2n) is 7.09. The van der Waals surface area contributed by atoms with Crippen LogP contribution in [0.4, 0.5) is 4.79 Å². The zero-order chi connectivity index (χ0) is 19.6. The SMILES string of the molecule is CCN(CC(=O)N1CCc2sccc2C1c1ccccc1C)C(=O)N(C)C. The highest BCUT2D eigenvalue weighted by Crippen LogP contribution is 2.38. The molecular weight excluding hydrogens is 358 g/mol. The second kappa shape index (κ2) is 8.13. The van der Waals surface area contributed by atoms with Gasteiger partial charge < -0.3 is 14.7 Å². The van der Waals surface area contributed by atoms with Gasteiger partial charge in [-0.25, -0.2) is 4.79 Å². The fourth-order valence-corrected chi connectivity index (χ4v) is 4.57. The molecule has 0 N–H and O–H groups in total. The summed E-state index contributed by atoms with van der Waals surface area (Å²) in [6.07, 6.45) is 0.870. The predicted octanol–water partition coefficient (Wildman–Crippen LogP) is 3.53. The summed E-state index contributed by atoms with van der Waals surface area (Å²) in [6.45, 7) is 5.29. The molecule has 1 aliphatic rings. The van der Waals surface area contributed by atoms with E-state index in [0.29, 0.717) is 13.1 Å². The van der Waals surface area contributed by atoms with Gasteiger partial charge in [0.25, 0.3) is 0 Å². The van der Waals surface area contributed by atoms with Crippen LogP contribution < -0.4 is 0 Å². The van der Waals surface area contributed by atoms with Crippen molar-refractivity contribution in [1.82, 2.24) is 14.7 Å². The van der Waals surface area contributed by atoms with E-state index in [-0.39, 0.29) is 24.5 Å². The molecule has 0 saturated heterocycles. The zero-order valence-corrected chi connectivity index (χ0v) is 17.3. The van der Waals surface area contributed by atoms with E-state index in [4.69, 9.17) is 0 Å². The molecule has 1 atom stereocenters. The van der Waals surface area contributed by atoms with Gasteiger partial charge in [-0.2, -0.15) is 0 Å². The Bertz CT molecular complexity index is 830. The summed E-state index contributed by atoms with van der Waals surface area (Å²) < 4.78 is 0. The minimum atomic E-state index is -0.133. The zero-order valence-electron chi connectivity index (χ0n) is 16.4. The molecule has 0 aliphatic carbocycles. The smallest absolute Gasteiger partial charge is 0.319 e. The van der Waals surface area contributed by atoms with Crippen LogP contribution in [0.2, 0.25) is 0 Å². The van der Waals surface area contributed by atoms with Crippen LogP contribution in [0.1, 0.15) is 34.5 Å². The number of carbonyl (C=O) groups excluding carboxylic acids is 2. The highest BCUT2D eigenvalue weighted by atomic mass is 32.1. The first-order valence-corrected chi connectivity index (χ1v) is 10.2. The third-order valence-electron chi connectivity index (χ3n) is 5.13. The van der Waals surface area contributed by atoms with Crippen molar-refractivity contribution in [2.24, 2.45) is 0 Å². The minimum absolute atomic E-state index is 0.00264. The lowest BCUT2D eigenvalue weighted by Crippen LogP contribution is -2.48. The molecule has 1 aromatic carbocycles. The average Bonchev–Trinajstić information content (AvgIpc) is 3.14. The third-order valence-corrected chi connectivity index (χ3v) is 6.13. The number of urea groups is 1. The van der Waals surface area contributed by atoms with E-state index in [2.05, 4.69) is 30.5 Å². The molecule has 1 aromatic heterocycles. The summed E-state index contributed by atoms with van der Waals surface area (Å²) in [5.41, 5.74) is 3.55. The molecule has 27 heavy (non-hydrogen) atoms. The molecule has 0 radical (unpaired) electrons. The third kappa shape index (κ3) is 3.86. The number of aryl methyl sites for hydroxylation is 1. The topological polar surface area (TPSA) is 43.9 Å². The summed E-state index contributed by atoms with van der Waals surface area (Å²) in [6, 6.07) is 10.2. The first-order valence-electron chi connectivity index (χ1n) is 9.31. The van der Waals surface area contributed by atoms with Gasteiger partial charge in [-0.15, -0.1) is 11.3 Å². The summed E-state index contributed by atoms with van der Waals surface area (Å²) in [5, 5.41) is 2.11. The molecule has 2 heterocycles. The molecule has 3 rings (SSSR count). The molecule has 0 fully saturated rings. The number of thiophene rings is 1. The van der Waals surface area contributed by atoms with Crippen molar-refractivity contribution in [1.29, 1.82) is 0 Å². The monoisotopic (exact) mass is 385 g/mol. The van der Waals surface area contributed by atoms with Crippen LogP contribution in [-0.2, 0) is 11.2 Å². The standard InChI is InChI=1S/C21H27N3O2S/c1-5-23(21(26)22(3)4)14-19(25)24-12-10-18-17(11-13-27-18)20(24)16-9-7-6-8-15(16)2/h6-9,11,13,20H,5,10,12,14H2,1-4H3. The number of fused-ring (bicyclic) bond motifs is 1. The lowest BCUT2D eigenvalue weighted by atomic mass is 9.90. The number of carbonyl (C=O) groups is 2. The second-order valence-corrected chi connectivity index (χ2v) is 8.09. The Hall–Kier alpha value is -2.34. The van der Waals surface area contributed by atoms with E-state index in [9.17, 15) is 9.59 Å². The number of amides is 3. The fraction of sp³-hybridized carbons (Fsp3) is 0.429. The Morgan fingerprint density at radius 2 is 1.93 bits per heavy atom. The maximum absolute atomic E-state index is 13.2. The van der Waals surface area contributed by atoms with Crippen molar-refractivity contribution < 1.29 is 9.59 Å². The van der Waals surface area contributed by atoms with Gasteiger partial charge in [0.1, 0.15) is 6.54 Å². The highest BCUT2D eigenvalue weighted by molar-refractivity contribution is 7.10. The molecule has 1 unspecified atom stereocenters. The lowest BCUT2D eigenvalue weighted by molar-refractivity contribution is -0.134. The number of rotatable bonds is 4. The average molecular weight is 386 g/mol. The van der Waals surface area contributed by atoms with Crippen LogP contribution in [0.15, 0.2) is 35.7 Å². The van der Waals surface area contributed by atoms with Gasteiger partial charge in [-0.05, 0) is 48.4 Å². The molecule has 3 amide bonds. The Labute approximate surface area is 165 Å². The Balaban J connectivity index is 1.92. The maximum Gasteiger partial charge on any atom is 0.319 e. The van der Waals surface area contributed by atoms with Crippen molar-refractivity contribution in [3.8, 4) is 0 Å². The van der Waals surface area contributed by atoms with Crippen LogP contribution in [0.25, 0.3) is 0 Å². The summed E-state index contributed by atoms with van der Waals surface area (Å²) in [5.74, 6) is -0.00264. The van der Waals surface area contributed by atoms with Crippen molar-refractivity contribution in [3.05, 3.63) is 57.3 Å². The number of hydrogen-bond acceptors (Lipinski definition) is 3. The molecule has 0 spiro atoms. The maximum atomic E-state index is 13.2. The van der Waals surface area contributed by atoms with Crippen LogP contribution in [0.5, 0.6) is 0 Å². The number of benzene rings is 1. The van der Waals surface area contributed by atoms with Crippen LogP contribution in [0.3, 0.4) is 0 Å². The van der Waals surface area contributed by atoms with E-state index in [1.165, 1.54) is 20.9 Å². The van der Waals surface area contributed by atoms with E-state index >= 15 is 0 Å². The molecule has 0 saturated carbocycles. The Morgan fingerprint density at radius 1 is 1.19 bits per heavy atom. The van der Waals surface area contributed by atoms with Crippen molar-refractivity contribution in [3.63, 3.8) is 0 Å². The van der Waals surface area contributed by atoms with Gasteiger partial charge in [0.2, 0.25) is 5.91 Å². The molecule has 6 heteroatoms. The fourth-order valence-electron chi connectivity index (χ4n) is 3.67. The van der Waals surface area contributed by atoms with Crippen molar-refractivity contribution in [2.75, 3.05) is 33.7 Å². The lowest BCUT2D eigenvalue weighted by Gasteiger charge is -2.38. The first-order chi connectivity index (χ1) is 12.9. The van der Waals surface area contributed by atoms with E-state index in [1.54, 1.807) is 30.3 Å². The number of hydrogen-bond donors (Lipinski definition) is 0. The van der Waals surface area contributed by atoms with Gasteiger partial charge >= 0.3 is 6.03 Å². The van der Waals surface area contributed by atoms with E-state index < -0.39 is 0 Å². The van der Waals surface area contributed by atoms with Gasteiger partial charge in [0.15, 0.2) is 0 Å². The summed E-state index contributed by atoms with van der Waals surface area (Å²) in [7, 11) is 3.42. The normalized spacial score (nSPS) is 16.0. The predicted molar refractivity (Wildman–Crippen MR) is 109 cm³/mol. The molecule has 1 aliphatic heterocycles. The molecule has 0 bridgehead atoms. The van der Waals surface area contributed by atoms with Crippen molar-refractivity contribution in [2.45, 2.75) is 26.3 Å². The summed E-state index contributed by atoms with van der Waals surface area (Å²) in [4.78, 5) is 32.0. The molecule has 144 valence electrons. The highest BCUT2D eigenvalue weighted by Gasteiger charge is 2.34. The quantitative estimate of drug-likeness (QED) is 0.808. The summed E-state index contributed by atoms with van der Waals surface area (Å²) >= 11 is 1.76. The molecule has 5 nitrogen and oxygen atoms in total. The van der Waals surface area contributed by atoms with Gasteiger partial charge in [0.05, 0.1) is 6.04 Å². The van der Waals surface area contributed by atoms with Crippen molar-refractivity contribution >= 4 is 23.3 Å². The number of likely N-dealkylation sites (N-methyl/N-ethyl adjacent to an activating group) is 1. The first kappa shape index (κ1) is 19.4. The van der Waals surface area contributed by atoms with Crippen LogP contribution in [-0.4, -0.2) is 60.4 Å².